The minimum Gasteiger partial charge on any atom is -0.391 e. The summed E-state index contributed by atoms with van der Waals surface area (Å²) in [5.41, 5.74) is 7.02. The lowest BCUT2D eigenvalue weighted by Crippen LogP contribution is -2.17. The minimum atomic E-state index is -0.929. The van der Waals surface area contributed by atoms with E-state index < -0.39 is 6.09 Å². The minimum absolute atomic E-state index is 0.0852. The monoisotopic (exact) mass is 353 g/mol. The molecule has 0 saturated carbocycles. The molecule has 0 spiro atoms. The molecule has 2 aromatic heterocycles. The molecule has 0 bridgehead atoms. The first-order valence-corrected chi connectivity index (χ1v) is 7.59. The summed E-state index contributed by atoms with van der Waals surface area (Å²) >= 11 is 0. The number of nitrogens with two attached hydrogens (primary N) is 1. The molecule has 2 N–H and O–H groups in total. The van der Waals surface area contributed by atoms with Gasteiger partial charge in [-0.2, -0.15) is 0 Å². The van der Waals surface area contributed by atoms with Crippen LogP contribution in [0.2, 0.25) is 0 Å². The molecule has 0 atom stereocenters. The van der Waals surface area contributed by atoms with Crippen LogP contribution >= 0.6 is 0 Å². The van der Waals surface area contributed by atoms with Crippen molar-refractivity contribution in [3.63, 3.8) is 0 Å². The van der Waals surface area contributed by atoms with Gasteiger partial charge in [-0.25, -0.2) is 14.5 Å². The third-order valence-corrected chi connectivity index (χ3v) is 3.18. The van der Waals surface area contributed by atoms with Crippen LogP contribution in [-0.2, 0) is 18.0 Å². The van der Waals surface area contributed by atoms with Crippen molar-refractivity contribution in [1.29, 1.82) is 0 Å². The van der Waals surface area contributed by atoms with Gasteiger partial charge in [-0.1, -0.05) is 41.6 Å². The van der Waals surface area contributed by atoms with E-state index in [1.54, 1.807) is 12.1 Å². The summed E-state index contributed by atoms with van der Waals surface area (Å²) in [5.74, 6) is 0.0968. The Kier molecular flexibility index (Phi) is 5.45. The normalized spacial score (nSPS) is 11.2. The number of oxime groups is 1. The second kappa shape index (κ2) is 8.33. The van der Waals surface area contributed by atoms with Crippen molar-refractivity contribution < 1.29 is 14.4 Å². The van der Waals surface area contributed by atoms with E-state index in [0.29, 0.717) is 18.0 Å². The summed E-state index contributed by atoms with van der Waals surface area (Å²) in [4.78, 5) is 20.3. The van der Waals surface area contributed by atoms with Crippen molar-refractivity contribution >= 4 is 11.8 Å². The second-order valence-electron chi connectivity index (χ2n) is 5.07. The Labute approximate surface area is 148 Å². The van der Waals surface area contributed by atoms with E-state index >= 15 is 0 Å². The maximum atomic E-state index is 10.8. The van der Waals surface area contributed by atoms with Gasteiger partial charge in [-0.15, -0.1) is 5.10 Å². The average molecular weight is 353 g/mol. The largest absolute Gasteiger partial charge is 0.411 e. The number of ether oxygens (including phenoxy) is 1. The fourth-order valence-electron chi connectivity index (χ4n) is 2.08. The standard InChI is InChI=1S/C16H15N7O3/c17-16(24)26-15-8-4-7-13(19-15)10-25-20-14(9-23-11-18-21-22-23)12-5-2-1-3-6-12/h1-8,11H,9-10H2,(H2,17,24)/b20-14+. The zero-order chi connectivity index (χ0) is 18.2. The van der Waals surface area contributed by atoms with Crippen LogP contribution in [0.1, 0.15) is 11.3 Å². The first-order valence-electron chi connectivity index (χ1n) is 7.59. The van der Waals surface area contributed by atoms with E-state index in [2.05, 4.69) is 25.7 Å². The first-order chi connectivity index (χ1) is 12.7. The summed E-state index contributed by atoms with van der Waals surface area (Å²) < 4.78 is 6.27. The number of hydrogen-bond acceptors (Lipinski definition) is 8. The highest BCUT2D eigenvalue weighted by atomic mass is 16.6. The Hall–Kier alpha value is -3.82. The number of pyridine rings is 1. The van der Waals surface area contributed by atoms with Crippen LogP contribution in [0.5, 0.6) is 5.88 Å². The number of rotatable bonds is 7. The van der Waals surface area contributed by atoms with E-state index in [4.69, 9.17) is 15.3 Å². The molecule has 1 aromatic carbocycles. The smallest absolute Gasteiger partial charge is 0.391 e. The number of nitrogens with zero attached hydrogens (tertiary/aromatic N) is 6. The van der Waals surface area contributed by atoms with Gasteiger partial charge < -0.3 is 15.3 Å². The summed E-state index contributed by atoms with van der Waals surface area (Å²) in [5, 5.41) is 15.2. The lowest BCUT2D eigenvalue weighted by Gasteiger charge is -2.07. The summed E-state index contributed by atoms with van der Waals surface area (Å²) in [6.07, 6.45) is 0.561. The fraction of sp³-hybridized carbons (Fsp3) is 0.125. The van der Waals surface area contributed by atoms with Gasteiger partial charge in [-0.3, -0.25) is 0 Å². The first kappa shape index (κ1) is 17.0. The molecule has 26 heavy (non-hydrogen) atoms. The maximum absolute atomic E-state index is 10.8. The molecule has 3 rings (SSSR count). The molecule has 1 amide bonds. The van der Waals surface area contributed by atoms with Crippen molar-refractivity contribution in [3.05, 3.63) is 66.1 Å². The van der Waals surface area contributed by atoms with Crippen LogP contribution in [0, 0.1) is 0 Å². The predicted molar refractivity (Wildman–Crippen MR) is 90.0 cm³/mol. The molecule has 0 saturated heterocycles. The van der Waals surface area contributed by atoms with Gasteiger partial charge in [0.2, 0.25) is 5.88 Å². The number of benzene rings is 1. The van der Waals surface area contributed by atoms with Gasteiger partial charge >= 0.3 is 6.09 Å². The summed E-state index contributed by atoms with van der Waals surface area (Å²) in [6.45, 7) is 0.428. The zero-order valence-corrected chi connectivity index (χ0v) is 13.6. The molecule has 0 aliphatic carbocycles. The lowest BCUT2D eigenvalue weighted by atomic mass is 10.1. The molecule has 0 aliphatic rings. The molecule has 3 aromatic rings. The Morgan fingerprint density at radius 1 is 1.15 bits per heavy atom. The Balaban J connectivity index is 1.71. The average Bonchev–Trinajstić information content (AvgIpc) is 3.15. The lowest BCUT2D eigenvalue weighted by molar-refractivity contribution is 0.126. The Morgan fingerprint density at radius 2 is 2.00 bits per heavy atom. The van der Waals surface area contributed by atoms with Gasteiger partial charge in [-0.05, 0) is 16.5 Å². The number of tetrazole rings is 1. The number of amides is 1. The molecule has 0 fully saturated rings. The topological polar surface area (TPSA) is 130 Å². The number of carbonyl (C=O) groups is 1. The highest BCUT2D eigenvalue weighted by Crippen LogP contribution is 2.09. The number of carbonyl (C=O) groups excluding carboxylic acids is 1. The number of primary amides is 1. The molecule has 2 heterocycles. The van der Waals surface area contributed by atoms with Gasteiger partial charge in [0.15, 0.2) is 6.61 Å². The molecular weight excluding hydrogens is 338 g/mol. The summed E-state index contributed by atoms with van der Waals surface area (Å²) in [6, 6.07) is 14.4. The zero-order valence-electron chi connectivity index (χ0n) is 13.6. The molecule has 0 aliphatic heterocycles. The highest BCUT2D eigenvalue weighted by molar-refractivity contribution is 5.99. The molecule has 10 heteroatoms. The van der Waals surface area contributed by atoms with E-state index in [1.165, 1.54) is 17.1 Å². The molecule has 10 nitrogen and oxygen atoms in total. The van der Waals surface area contributed by atoms with Gasteiger partial charge in [0.1, 0.15) is 12.0 Å². The Morgan fingerprint density at radius 3 is 2.73 bits per heavy atom. The molecule has 0 radical (unpaired) electrons. The number of aromatic nitrogens is 5. The summed E-state index contributed by atoms with van der Waals surface area (Å²) in [7, 11) is 0. The van der Waals surface area contributed by atoms with Crippen LogP contribution < -0.4 is 10.5 Å². The van der Waals surface area contributed by atoms with E-state index in [-0.39, 0.29) is 12.5 Å². The van der Waals surface area contributed by atoms with Gasteiger partial charge in [0.25, 0.3) is 0 Å². The van der Waals surface area contributed by atoms with Crippen molar-refractivity contribution in [3.8, 4) is 5.88 Å². The van der Waals surface area contributed by atoms with Gasteiger partial charge in [0.05, 0.1) is 12.2 Å². The molecule has 0 unspecified atom stereocenters. The maximum Gasteiger partial charge on any atom is 0.411 e. The second-order valence-corrected chi connectivity index (χ2v) is 5.07. The third kappa shape index (κ3) is 4.84. The molecule has 132 valence electrons. The fourth-order valence-corrected chi connectivity index (χ4v) is 2.08. The van der Waals surface area contributed by atoms with E-state index in [0.717, 1.165) is 5.56 Å². The van der Waals surface area contributed by atoms with Crippen molar-refractivity contribution in [2.75, 3.05) is 0 Å². The predicted octanol–water partition coefficient (Wildman–Crippen LogP) is 1.15. The Bertz CT molecular complexity index is 882. The van der Waals surface area contributed by atoms with E-state index in [1.807, 2.05) is 30.3 Å². The van der Waals surface area contributed by atoms with Crippen molar-refractivity contribution in [2.24, 2.45) is 10.9 Å². The van der Waals surface area contributed by atoms with Crippen LogP contribution in [0.15, 0.2) is 60.0 Å². The van der Waals surface area contributed by atoms with Gasteiger partial charge in [0, 0.05) is 11.6 Å². The van der Waals surface area contributed by atoms with Crippen molar-refractivity contribution in [1.82, 2.24) is 25.2 Å². The van der Waals surface area contributed by atoms with Crippen LogP contribution in [0.3, 0.4) is 0 Å². The van der Waals surface area contributed by atoms with E-state index in [9.17, 15) is 4.79 Å². The van der Waals surface area contributed by atoms with Crippen LogP contribution in [-0.4, -0.2) is 37.0 Å². The third-order valence-electron chi connectivity index (χ3n) is 3.18. The van der Waals surface area contributed by atoms with Crippen molar-refractivity contribution in [2.45, 2.75) is 13.2 Å². The number of hydrogen-bond donors (Lipinski definition) is 1. The quantitative estimate of drug-likeness (QED) is 0.498. The van der Waals surface area contributed by atoms with Crippen LogP contribution in [0.25, 0.3) is 0 Å². The van der Waals surface area contributed by atoms with Crippen LogP contribution in [0.4, 0.5) is 4.79 Å². The molecular formula is C16H15N7O3. The SMILES string of the molecule is NC(=O)Oc1cccc(CO/N=C(\Cn2cnnn2)c2ccccc2)n1. The highest BCUT2D eigenvalue weighted by Gasteiger charge is 2.07.